The average Bonchev–Trinajstić information content (AvgIpc) is 3.95. The smallest absolute Gasteiger partial charge is 0.179 e. The van der Waals surface area contributed by atoms with Gasteiger partial charge in [0.2, 0.25) is 0 Å². The first-order valence-electron chi connectivity index (χ1n) is 26.3. The summed E-state index contributed by atoms with van der Waals surface area (Å²) in [5.41, 5.74) is 6.60. The maximum absolute atomic E-state index is 9.02. The number of nitrogens with zero attached hydrogens (tertiary/aromatic N) is 2. The van der Waals surface area contributed by atoms with E-state index in [1.165, 1.54) is 41.5 Å². The van der Waals surface area contributed by atoms with Crippen LogP contribution in [0.25, 0.3) is 38.6 Å². The van der Waals surface area contributed by atoms with Crippen LogP contribution >= 0.6 is 0 Å². The van der Waals surface area contributed by atoms with Crippen LogP contribution in [0.3, 0.4) is 0 Å². The Kier molecular flexibility index (Phi) is 8.97. The molecule has 330 valence electrons. The Morgan fingerprint density at radius 2 is 0.729 bits per heavy atom. The lowest BCUT2D eigenvalue weighted by molar-refractivity contribution is 1.18. The Morgan fingerprint density at radius 3 is 1.23 bits per heavy atom. The fourth-order valence-corrected chi connectivity index (χ4v) is 23.8. The summed E-state index contributed by atoms with van der Waals surface area (Å²) >= 11 is 0. The van der Waals surface area contributed by atoms with Crippen LogP contribution in [0.2, 0.25) is 0 Å². The van der Waals surface area contributed by atoms with Gasteiger partial charge in [0.25, 0.3) is 0 Å². The van der Waals surface area contributed by atoms with E-state index < -0.39 is 22.2 Å². The van der Waals surface area contributed by atoms with Crippen molar-refractivity contribution in [3.63, 3.8) is 0 Å². The monoisotopic (exact) mass is 929 g/mol. The van der Waals surface area contributed by atoms with Gasteiger partial charge in [-0.3, -0.25) is 0 Å². The maximum Gasteiger partial charge on any atom is 0.179 e. The molecule has 70 heavy (non-hydrogen) atoms. The molecule has 1 aliphatic heterocycles. The van der Waals surface area contributed by atoms with Gasteiger partial charge in [-0.15, -0.1) is 0 Å². The number of anilines is 3. The molecule has 11 aromatic carbocycles. The third-order valence-electron chi connectivity index (χ3n) is 14.5. The molecule has 0 aliphatic carbocycles. The Bertz CT molecular complexity index is 3980. The van der Waals surface area contributed by atoms with Crippen LogP contribution in [-0.2, 0) is 0 Å². The standard InChI is InChI=1S/C66H48N2Si2/c1-7-24-49(25-8-1)50-42-44-61-59(46-50)60-48-54(67(51-26-9-2-10-27-51)52-28-11-3-12-29-52)43-45-62(60)68(61)53-30-23-37-58(47-53)70(57-35-17-6-18-36-57)65-40-21-19-38-63(65)69(55-31-13-4-14-32-55,56-33-15-5-16-34-56)64-39-20-22-41-66(64)70/h1-48H/i1D,7D,8D,24D,25D. The lowest BCUT2D eigenvalue weighted by atomic mass is 10.0. The van der Waals surface area contributed by atoms with Gasteiger partial charge in [-0.1, -0.05) is 224 Å². The van der Waals surface area contributed by atoms with E-state index in [1.54, 1.807) is 0 Å². The summed E-state index contributed by atoms with van der Waals surface area (Å²) in [6.45, 7) is 0. The predicted molar refractivity (Wildman–Crippen MR) is 302 cm³/mol. The third-order valence-corrected chi connectivity index (χ3v) is 24.7. The minimum Gasteiger partial charge on any atom is -0.310 e. The molecule has 0 bridgehead atoms. The normalized spacial score (nSPS) is 14.4. The molecule has 4 heteroatoms. The van der Waals surface area contributed by atoms with Crippen LogP contribution in [0, 0.1) is 0 Å². The van der Waals surface area contributed by atoms with E-state index in [0.717, 1.165) is 44.6 Å². The van der Waals surface area contributed by atoms with Crippen molar-refractivity contribution in [2.24, 2.45) is 0 Å². The Morgan fingerprint density at radius 1 is 0.314 bits per heavy atom. The largest absolute Gasteiger partial charge is 0.310 e. The molecule has 1 aliphatic rings. The van der Waals surface area contributed by atoms with Crippen LogP contribution in [-0.4, -0.2) is 20.7 Å². The highest BCUT2D eigenvalue weighted by Gasteiger charge is 2.56. The zero-order chi connectivity index (χ0) is 50.8. The second-order valence-corrected chi connectivity index (χ2v) is 25.5. The first-order valence-corrected chi connectivity index (χ1v) is 27.8. The highest BCUT2D eigenvalue weighted by molar-refractivity contribution is 7.32. The zero-order valence-electron chi connectivity index (χ0n) is 43.2. The molecule has 13 rings (SSSR count). The number of aromatic nitrogens is 1. The molecule has 0 N–H and O–H groups in total. The summed E-state index contributed by atoms with van der Waals surface area (Å²) in [7, 11) is -6.09. The van der Waals surface area contributed by atoms with Crippen molar-refractivity contribution in [3.05, 3.63) is 291 Å². The van der Waals surface area contributed by atoms with Gasteiger partial charge < -0.3 is 9.47 Å². The highest BCUT2D eigenvalue weighted by Crippen LogP contribution is 2.40. The highest BCUT2D eigenvalue weighted by atomic mass is 28.3. The molecule has 0 fully saturated rings. The van der Waals surface area contributed by atoms with E-state index in [1.807, 2.05) is 24.3 Å². The van der Waals surface area contributed by atoms with E-state index in [4.69, 9.17) is 6.85 Å². The van der Waals surface area contributed by atoms with Gasteiger partial charge in [-0.25, -0.2) is 0 Å². The number of benzene rings is 11. The molecule has 2 nitrogen and oxygen atoms in total. The fraction of sp³-hybridized carbons (Fsp3) is 0. The third kappa shape index (κ3) is 6.45. The number of hydrogen-bond donors (Lipinski definition) is 0. The first kappa shape index (κ1) is 36.5. The molecule has 12 aromatic rings. The summed E-state index contributed by atoms with van der Waals surface area (Å²) in [6, 6.07) is 93.2. The molecule has 0 spiro atoms. The van der Waals surface area contributed by atoms with Gasteiger partial charge in [0.1, 0.15) is 0 Å². The molecule has 0 radical (unpaired) electrons. The van der Waals surface area contributed by atoms with Gasteiger partial charge in [0.15, 0.2) is 16.1 Å². The molecule has 1 aromatic heterocycles. The molecule has 0 unspecified atom stereocenters. The van der Waals surface area contributed by atoms with Crippen molar-refractivity contribution in [2.75, 3.05) is 4.90 Å². The quantitative estimate of drug-likeness (QED) is 0.131. The number of hydrogen-bond acceptors (Lipinski definition) is 1. The van der Waals surface area contributed by atoms with E-state index in [-0.39, 0.29) is 29.7 Å². The summed E-state index contributed by atoms with van der Waals surface area (Å²) in [4.78, 5) is 2.25. The molecule has 0 atom stereocenters. The Balaban J connectivity index is 1.10. The van der Waals surface area contributed by atoms with Crippen LogP contribution in [0.1, 0.15) is 6.85 Å². The number of para-hydroxylation sites is 2. The molecule has 0 amide bonds. The SMILES string of the molecule is [2H]c1c([2H])c([2H])c(-c2ccc3c(c2)c2cc(N(c4ccccc4)c4ccccc4)ccc2n3-c2cccc([Si]3(c4ccccc4)c4ccccc4[Si](c4ccccc4)(c4ccccc4)c4ccccc43)c2)c([2H])c1[2H]. The lowest BCUT2D eigenvalue weighted by Gasteiger charge is -2.48. The molecule has 2 heterocycles. The van der Waals surface area contributed by atoms with Crippen molar-refractivity contribution in [3.8, 4) is 16.8 Å². The fourth-order valence-electron chi connectivity index (χ4n) is 11.7. The lowest BCUT2D eigenvalue weighted by Crippen LogP contribution is -2.93. The zero-order valence-corrected chi connectivity index (χ0v) is 40.2. The van der Waals surface area contributed by atoms with Crippen molar-refractivity contribution < 1.29 is 6.85 Å². The minimum absolute atomic E-state index is 0.174. The second kappa shape index (κ2) is 17.2. The van der Waals surface area contributed by atoms with Gasteiger partial charge >= 0.3 is 0 Å². The molecule has 0 saturated carbocycles. The van der Waals surface area contributed by atoms with Gasteiger partial charge in [-0.05, 0) is 119 Å². The van der Waals surface area contributed by atoms with Crippen molar-refractivity contribution in [1.29, 1.82) is 0 Å². The Labute approximate surface area is 418 Å². The topological polar surface area (TPSA) is 8.17 Å². The molecule has 0 saturated heterocycles. The summed E-state index contributed by atoms with van der Waals surface area (Å²) in [6.07, 6.45) is 0. The maximum atomic E-state index is 9.02. The summed E-state index contributed by atoms with van der Waals surface area (Å²) < 4.78 is 46.0. The number of rotatable bonds is 9. The van der Waals surface area contributed by atoms with Crippen LogP contribution in [0.15, 0.2) is 291 Å². The minimum atomic E-state index is -3.17. The van der Waals surface area contributed by atoms with Crippen molar-refractivity contribution in [1.82, 2.24) is 4.57 Å². The summed E-state index contributed by atoms with van der Waals surface area (Å²) in [5.74, 6) is 0. The summed E-state index contributed by atoms with van der Waals surface area (Å²) in [5, 5.41) is 12.7. The second-order valence-electron chi connectivity index (χ2n) is 18.0. The van der Waals surface area contributed by atoms with Gasteiger partial charge in [-0.2, -0.15) is 0 Å². The van der Waals surface area contributed by atoms with E-state index >= 15 is 0 Å². The van der Waals surface area contributed by atoms with Gasteiger partial charge in [0, 0.05) is 33.5 Å². The van der Waals surface area contributed by atoms with E-state index in [0.29, 0.717) is 5.56 Å². The van der Waals surface area contributed by atoms with Crippen LogP contribution in [0.4, 0.5) is 17.1 Å². The first-order chi connectivity index (χ1) is 36.8. The average molecular weight is 930 g/mol. The van der Waals surface area contributed by atoms with E-state index in [2.05, 4.69) is 246 Å². The van der Waals surface area contributed by atoms with Crippen LogP contribution in [0.5, 0.6) is 0 Å². The molecular formula is C66H48N2Si2. The molecular weight excluding hydrogens is 877 g/mol. The van der Waals surface area contributed by atoms with Crippen molar-refractivity contribution in [2.45, 2.75) is 0 Å². The van der Waals surface area contributed by atoms with Crippen molar-refractivity contribution >= 4 is 96.5 Å². The Hall–Kier alpha value is -8.55. The predicted octanol–water partition coefficient (Wildman–Crippen LogP) is 11.0. The number of fused-ring (bicyclic) bond motifs is 5. The van der Waals surface area contributed by atoms with Crippen LogP contribution < -0.4 is 46.4 Å². The van der Waals surface area contributed by atoms with Gasteiger partial charge in [0.05, 0.1) is 17.9 Å². The van der Waals surface area contributed by atoms with E-state index in [9.17, 15) is 0 Å².